The van der Waals surface area contributed by atoms with Crippen molar-refractivity contribution in [3.05, 3.63) is 40.5 Å². The van der Waals surface area contributed by atoms with E-state index in [0.29, 0.717) is 17.5 Å². The first-order chi connectivity index (χ1) is 13.5. The molecule has 3 heterocycles. The van der Waals surface area contributed by atoms with Gasteiger partial charge in [-0.05, 0) is 31.9 Å². The van der Waals surface area contributed by atoms with E-state index in [1.54, 1.807) is 6.20 Å². The molecule has 2 N–H and O–H groups in total. The zero-order chi connectivity index (χ0) is 20.0. The first-order valence-corrected chi connectivity index (χ1v) is 10.1. The Kier molecular flexibility index (Phi) is 6.71. The van der Waals surface area contributed by atoms with Gasteiger partial charge in [0.05, 0.1) is 6.54 Å². The number of alkyl halides is 3. The molecule has 0 atom stereocenters. The first-order valence-electron chi connectivity index (χ1n) is 9.18. The van der Waals surface area contributed by atoms with Gasteiger partial charge in [-0.25, -0.2) is 15.0 Å². The van der Waals surface area contributed by atoms with Crippen molar-refractivity contribution in [1.29, 1.82) is 0 Å². The van der Waals surface area contributed by atoms with Crippen LogP contribution >= 0.6 is 11.3 Å². The van der Waals surface area contributed by atoms with Gasteiger partial charge < -0.3 is 15.5 Å². The Bertz CT molecular complexity index is 769. The van der Waals surface area contributed by atoms with Crippen LogP contribution in [0.2, 0.25) is 0 Å². The van der Waals surface area contributed by atoms with Gasteiger partial charge >= 0.3 is 6.18 Å². The van der Waals surface area contributed by atoms with Crippen LogP contribution < -0.4 is 15.5 Å². The Morgan fingerprint density at radius 3 is 2.71 bits per heavy atom. The highest BCUT2D eigenvalue weighted by molar-refractivity contribution is 7.09. The number of thiazole rings is 1. The SMILES string of the molecule is CCNC(=NCc1nc(C(F)(F)F)cs1)NC1CCN(c2ccccn2)CC1. The van der Waals surface area contributed by atoms with Gasteiger partial charge in [-0.3, -0.25) is 0 Å². The number of nitrogens with zero attached hydrogens (tertiary/aromatic N) is 4. The van der Waals surface area contributed by atoms with Crippen LogP contribution in [-0.4, -0.2) is 41.6 Å². The van der Waals surface area contributed by atoms with Crippen LogP contribution in [0.1, 0.15) is 30.5 Å². The molecule has 1 saturated heterocycles. The zero-order valence-corrected chi connectivity index (χ0v) is 16.4. The molecule has 152 valence electrons. The molecule has 0 radical (unpaired) electrons. The average molecular weight is 412 g/mol. The van der Waals surface area contributed by atoms with Gasteiger partial charge in [-0.15, -0.1) is 11.3 Å². The molecule has 28 heavy (non-hydrogen) atoms. The van der Waals surface area contributed by atoms with E-state index in [1.165, 1.54) is 0 Å². The number of anilines is 1. The number of pyridine rings is 1. The molecular weight excluding hydrogens is 389 g/mol. The second kappa shape index (κ2) is 9.22. The average Bonchev–Trinajstić information content (AvgIpc) is 3.17. The molecule has 1 aliphatic heterocycles. The summed E-state index contributed by atoms with van der Waals surface area (Å²) in [7, 11) is 0. The van der Waals surface area contributed by atoms with E-state index in [0.717, 1.165) is 48.5 Å². The third kappa shape index (κ3) is 5.57. The van der Waals surface area contributed by atoms with E-state index in [4.69, 9.17) is 0 Å². The minimum absolute atomic E-state index is 0.114. The first kappa shape index (κ1) is 20.4. The second-order valence-electron chi connectivity index (χ2n) is 6.41. The fourth-order valence-corrected chi connectivity index (χ4v) is 3.69. The number of aliphatic imine (C=N–C) groups is 1. The van der Waals surface area contributed by atoms with E-state index in [1.807, 2.05) is 25.1 Å². The van der Waals surface area contributed by atoms with Gasteiger partial charge in [-0.1, -0.05) is 6.07 Å². The van der Waals surface area contributed by atoms with Crippen molar-refractivity contribution in [2.75, 3.05) is 24.5 Å². The van der Waals surface area contributed by atoms with Crippen molar-refractivity contribution in [2.24, 2.45) is 4.99 Å². The van der Waals surface area contributed by atoms with Gasteiger partial charge in [0.25, 0.3) is 0 Å². The third-order valence-corrected chi connectivity index (χ3v) is 5.20. The van der Waals surface area contributed by atoms with E-state index in [2.05, 4.69) is 30.5 Å². The standard InChI is InChI=1S/C18H23F3N6S/c1-2-22-17(24-11-16-26-14(12-28-16)18(19,20)21)25-13-6-9-27(10-7-13)15-5-3-4-8-23-15/h3-5,8,12-13H,2,6-7,9-11H2,1H3,(H2,22,24,25). The number of halogens is 3. The van der Waals surface area contributed by atoms with Gasteiger partial charge in [0, 0.05) is 37.3 Å². The number of hydrogen-bond donors (Lipinski definition) is 2. The monoisotopic (exact) mass is 412 g/mol. The Labute approximate surface area is 165 Å². The normalized spacial score (nSPS) is 16.3. The maximum absolute atomic E-state index is 12.7. The lowest BCUT2D eigenvalue weighted by atomic mass is 10.1. The molecule has 2 aromatic rings. The van der Waals surface area contributed by atoms with Crippen LogP contribution in [-0.2, 0) is 12.7 Å². The summed E-state index contributed by atoms with van der Waals surface area (Å²) >= 11 is 0.973. The molecule has 0 aliphatic carbocycles. The summed E-state index contributed by atoms with van der Waals surface area (Å²) in [5, 5.41) is 7.90. The van der Waals surface area contributed by atoms with Gasteiger partial charge in [0.15, 0.2) is 11.7 Å². The highest BCUT2D eigenvalue weighted by Gasteiger charge is 2.33. The summed E-state index contributed by atoms with van der Waals surface area (Å²) in [6.07, 6.45) is -0.770. The molecule has 1 aliphatic rings. The van der Waals surface area contributed by atoms with Crippen LogP contribution in [0, 0.1) is 0 Å². The van der Waals surface area contributed by atoms with Crippen LogP contribution in [0.4, 0.5) is 19.0 Å². The smallest absolute Gasteiger partial charge is 0.357 e. The molecule has 6 nitrogen and oxygen atoms in total. The number of hydrogen-bond acceptors (Lipinski definition) is 5. The van der Waals surface area contributed by atoms with Crippen molar-refractivity contribution in [2.45, 2.75) is 38.5 Å². The van der Waals surface area contributed by atoms with Gasteiger partial charge in [-0.2, -0.15) is 13.2 Å². The predicted octanol–water partition coefficient (Wildman–Crippen LogP) is 3.28. The van der Waals surface area contributed by atoms with Crippen LogP contribution in [0.3, 0.4) is 0 Å². The Morgan fingerprint density at radius 1 is 1.32 bits per heavy atom. The summed E-state index contributed by atoms with van der Waals surface area (Å²) in [5.74, 6) is 1.58. The minimum Gasteiger partial charge on any atom is -0.357 e. The van der Waals surface area contributed by atoms with E-state index in [-0.39, 0.29) is 12.6 Å². The molecule has 0 saturated carbocycles. The molecule has 0 bridgehead atoms. The van der Waals surface area contributed by atoms with Crippen LogP contribution in [0.15, 0.2) is 34.8 Å². The Balaban J connectivity index is 1.54. The van der Waals surface area contributed by atoms with Crippen molar-refractivity contribution >= 4 is 23.1 Å². The third-order valence-electron chi connectivity index (χ3n) is 4.37. The zero-order valence-electron chi connectivity index (χ0n) is 15.5. The second-order valence-corrected chi connectivity index (χ2v) is 7.36. The van der Waals surface area contributed by atoms with Gasteiger partial charge in [0.2, 0.25) is 0 Å². The molecule has 0 spiro atoms. The fourth-order valence-electron chi connectivity index (χ4n) is 2.97. The fraction of sp³-hybridized carbons (Fsp3) is 0.500. The number of aromatic nitrogens is 2. The maximum Gasteiger partial charge on any atom is 0.434 e. The molecule has 0 amide bonds. The number of rotatable bonds is 5. The minimum atomic E-state index is -4.41. The van der Waals surface area contributed by atoms with E-state index in [9.17, 15) is 13.2 Å². The molecule has 10 heteroatoms. The number of guanidine groups is 1. The van der Waals surface area contributed by atoms with Crippen LogP contribution in [0.25, 0.3) is 0 Å². The molecule has 2 aromatic heterocycles. The van der Waals surface area contributed by atoms with Gasteiger partial charge in [0.1, 0.15) is 10.8 Å². The molecule has 3 rings (SSSR count). The number of piperidine rings is 1. The largest absolute Gasteiger partial charge is 0.434 e. The van der Waals surface area contributed by atoms with Crippen molar-refractivity contribution in [1.82, 2.24) is 20.6 Å². The summed E-state index contributed by atoms with van der Waals surface area (Å²) in [5.41, 5.74) is -0.859. The molecule has 1 fully saturated rings. The van der Waals surface area contributed by atoms with Crippen molar-refractivity contribution in [3.63, 3.8) is 0 Å². The topological polar surface area (TPSA) is 65.4 Å². The molecule has 0 aromatic carbocycles. The molecule has 0 unspecified atom stereocenters. The van der Waals surface area contributed by atoms with E-state index < -0.39 is 11.9 Å². The lowest BCUT2D eigenvalue weighted by Gasteiger charge is -2.33. The van der Waals surface area contributed by atoms with E-state index >= 15 is 0 Å². The predicted molar refractivity (Wildman–Crippen MR) is 105 cm³/mol. The van der Waals surface area contributed by atoms with Crippen molar-refractivity contribution < 1.29 is 13.2 Å². The highest BCUT2D eigenvalue weighted by Crippen LogP contribution is 2.30. The lowest BCUT2D eigenvalue weighted by Crippen LogP contribution is -2.48. The van der Waals surface area contributed by atoms with Crippen molar-refractivity contribution in [3.8, 4) is 0 Å². The quantitative estimate of drug-likeness (QED) is 0.583. The lowest BCUT2D eigenvalue weighted by molar-refractivity contribution is -0.140. The highest BCUT2D eigenvalue weighted by atomic mass is 32.1. The summed E-state index contributed by atoms with van der Waals surface area (Å²) in [6, 6.07) is 6.13. The number of nitrogens with one attached hydrogen (secondary N) is 2. The summed E-state index contributed by atoms with van der Waals surface area (Å²) < 4.78 is 38.0. The Hall–Kier alpha value is -2.36. The molecular formula is C18H23F3N6S. The Morgan fingerprint density at radius 2 is 2.11 bits per heavy atom. The maximum atomic E-state index is 12.7. The summed E-state index contributed by atoms with van der Waals surface area (Å²) in [6.45, 7) is 4.50. The van der Waals surface area contributed by atoms with Crippen LogP contribution in [0.5, 0.6) is 0 Å². The summed E-state index contributed by atoms with van der Waals surface area (Å²) in [4.78, 5) is 14.7.